The van der Waals surface area contributed by atoms with Crippen LogP contribution in [0.15, 0.2) is 41.0 Å². The van der Waals surface area contributed by atoms with Gasteiger partial charge in [0, 0.05) is 11.3 Å². The van der Waals surface area contributed by atoms with Crippen molar-refractivity contribution < 1.29 is 14.3 Å². The Morgan fingerprint density at radius 3 is 2.72 bits per heavy atom. The summed E-state index contributed by atoms with van der Waals surface area (Å²) in [6.07, 6.45) is 0.780. The average molecular weight is 245 g/mol. The Morgan fingerprint density at radius 2 is 2.11 bits per heavy atom. The highest BCUT2D eigenvalue weighted by molar-refractivity contribution is 6.04. The number of amides is 1. The first-order valence-electron chi connectivity index (χ1n) is 5.71. The number of carbonyl (C=O) groups excluding carboxylic acids is 1. The van der Waals surface area contributed by atoms with Crippen LogP contribution >= 0.6 is 0 Å². The molecule has 1 aromatic carbocycles. The van der Waals surface area contributed by atoms with Gasteiger partial charge in [-0.3, -0.25) is 4.79 Å². The van der Waals surface area contributed by atoms with Gasteiger partial charge in [-0.1, -0.05) is 18.2 Å². The topological polar surface area (TPSA) is 62.5 Å². The molecular weight excluding hydrogens is 230 g/mol. The van der Waals surface area contributed by atoms with Crippen molar-refractivity contribution in [1.29, 1.82) is 0 Å². The number of aryl methyl sites for hydroxylation is 1. The zero-order chi connectivity index (χ0) is 13.1. The quantitative estimate of drug-likeness (QED) is 0.874. The standard InChI is InChI=1S/C14H15NO3/c1-9-7-11(8-18-9)14(17)15-13-6-4-3-5-12(13)10(2)16/h3-8,10,16H,1-2H3,(H,15,17). The van der Waals surface area contributed by atoms with Crippen LogP contribution in [0, 0.1) is 6.92 Å². The van der Waals surface area contributed by atoms with Gasteiger partial charge in [0.15, 0.2) is 0 Å². The Balaban J connectivity index is 2.22. The second-order valence-corrected chi connectivity index (χ2v) is 4.16. The third-order valence-corrected chi connectivity index (χ3v) is 2.65. The number of hydrogen-bond donors (Lipinski definition) is 2. The Bertz CT molecular complexity index is 558. The summed E-state index contributed by atoms with van der Waals surface area (Å²) in [5.74, 6) is 0.434. The normalized spacial score (nSPS) is 12.2. The molecule has 18 heavy (non-hydrogen) atoms. The van der Waals surface area contributed by atoms with Gasteiger partial charge >= 0.3 is 0 Å². The third kappa shape index (κ3) is 2.60. The molecule has 0 saturated carbocycles. The largest absolute Gasteiger partial charge is 0.469 e. The van der Waals surface area contributed by atoms with Gasteiger partial charge in [-0.2, -0.15) is 0 Å². The summed E-state index contributed by atoms with van der Waals surface area (Å²) in [5.41, 5.74) is 1.76. The number of rotatable bonds is 3. The Morgan fingerprint density at radius 1 is 1.39 bits per heavy atom. The number of aliphatic hydroxyl groups excluding tert-OH is 1. The van der Waals surface area contributed by atoms with Gasteiger partial charge in [-0.15, -0.1) is 0 Å². The van der Waals surface area contributed by atoms with Crippen molar-refractivity contribution in [3.63, 3.8) is 0 Å². The average Bonchev–Trinajstić information content (AvgIpc) is 2.76. The molecule has 4 heteroatoms. The third-order valence-electron chi connectivity index (χ3n) is 2.65. The van der Waals surface area contributed by atoms with Crippen LogP contribution in [0.1, 0.15) is 34.7 Å². The maximum absolute atomic E-state index is 11.9. The molecule has 0 fully saturated rings. The number of aliphatic hydroxyl groups is 1. The van der Waals surface area contributed by atoms with Gasteiger partial charge in [0.25, 0.3) is 5.91 Å². The van der Waals surface area contributed by atoms with Crippen molar-refractivity contribution in [3.05, 3.63) is 53.5 Å². The monoisotopic (exact) mass is 245 g/mol. The summed E-state index contributed by atoms with van der Waals surface area (Å²) in [5, 5.41) is 12.4. The van der Waals surface area contributed by atoms with Crippen LogP contribution in [0.2, 0.25) is 0 Å². The van der Waals surface area contributed by atoms with E-state index in [1.807, 2.05) is 12.1 Å². The fourth-order valence-electron chi connectivity index (χ4n) is 1.73. The first-order valence-corrected chi connectivity index (χ1v) is 5.71. The predicted molar refractivity (Wildman–Crippen MR) is 68.5 cm³/mol. The molecule has 1 aromatic heterocycles. The van der Waals surface area contributed by atoms with Crippen molar-refractivity contribution in [2.75, 3.05) is 5.32 Å². The maximum Gasteiger partial charge on any atom is 0.258 e. The van der Waals surface area contributed by atoms with Gasteiger partial charge in [-0.05, 0) is 26.0 Å². The van der Waals surface area contributed by atoms with E-state index in [0.29, 0.717) is 22.6 Å². The van der Waals surface area contributed by atoms with Crippen molar-refractivity contribution in [3.8, 4) is 0 Å². The van der Waals surface area contributed by atoms with E-state index in [2.05, 4.69) is 5.32 Å². The minimum atomic E-state index is -0.632. The van der Waals surface area contributed by atoms with E-state index in [0.717, 1.165) is 0 Å². The molecule has 1 unspecified atom stereocenters. The van der Waals surface area contributed by atoms with Crippen LogP contribution in [0.5, 0.6) is 0 Å². The zero-order valence-electron chi connectivity index (χ0n) is 10.3. The van der Waals surface area contributed by atoms with Gasteiger partial charge in [-0.25, -0.2) is 0 Å². The van der Waals surface area contributed by atoms with E-state index < -0.39 is 6.10 Å². The molecule has 0 aliphatic heterocycles. The van der Waals surface area contributed by atoms with Gasteiger partial charge in [0.05, 0.1) is 11.7 Å². The molecule has 1 atom stereocenters. The lowest BCUT2D eigenvalue weighted by molar-refractivity contribution is 0.102. The lowest BCUT2D eigenvalue weighted by Gasteiger charge is -2.12. The van der Waals surface area contributed by atoms with E-state index in [1.165, 1.54) is 6.26 Å². The van der Waals surface area contributed by atoms with Crippen molar-refractivity contribution in [1.82, 2.24) is 0 Å². The Kier molecular flexibility index (Phi) is 3.48. The second-order valence-electron chi connectivity index (χ2n) is 4.16. The number of furan rings is 1. The molecule has 94 valence electrons. The van der Waals surface area contributed by atoms with Crippen molar-refractivity contribution >= 4 is 11.6 Å². The fourth-order valence-corrected chi connectivity index (χ4v) is 1.73. The van der Waals surface area contributed by atoms with Gasteiger partial charge in [0.2, 0.25) is 0 Å². The minimum absolute atomic E-state index is 0.250. The number of carbonyl (C=O) groups is 1. The van der Waals surface area contributed by atoms with Gasteiger partial charge in [0.1, 0.15) is 12.0 Å². The molecule has 2 aromatic rings. The predicted octanol–water partition coefficient (Wildman–Crippen LogP) is 2.89. The van der Waals surface area contributed by atoms with Crippen molar-refractivity contribution in [2.24, 2.45) is 0 Å². The zero-order valence-corrected chi connectivity index (χ0v) is 10.3. The molecule has 0 bridgehead atoms. The van der Waals surface area contributed by atoms with Crippen LogP contribution < -0.4 is 5.32 Å². The Hall–Kier alpha value is -2.07. The lowest BCUT2D eigenvalue weighted by atomic mass is 10.1. The van der Waals surface area contributed by atoms with Crippen LogP contribution in [-0.2, 0) is 0 Å². The highest BCUT2D eigenvalue weighted by Crippen LogP contribution is 2.23. The molecule has 0 aliphatic carbocycles. The van der Waals surface area contributed by atoms with Crippen molar-refractivity contribution in [2.45, 2.75) is 20.0 Å². The van der Waals surface area contributed by atoms with E-state index in [4.69, 9.17) is 4.42 Å². The van der Waals surface area contributed by atoms with Crippen LogP contribution in [0.25, 0.3) is 0 Å². The number of hydrogen-bond acceptors (Lipinski definition) is 3. The number of para-hydroxylation sites is 1. The highest BCUT2D eigenvalue weighted by atomic mass is 16.3. The number of nitrogens with one attached hydrogen (secondary N) is 1. The van der Waals surface area contributed by atoms with Crippen LogP contribution in [-0.4, -0.2) is 11.0 Å². The molecule has 1 heterocycles. The van der Waals surface area contributed by atoms with E-state index in [9.17, 15) is 9.90 Å². The summed E-state index contributed by atoms with van der Waals surface area (Å²) in [4.78, 5) is 11.9. The molecular formula is C14H15NO3. The molecule has 0 spiro atoms. The molecule has 0 aliphatic rings. The van der Waals surface area contributed by atoms with Crippen LogP contribution in [0.4, 0.5) is 5.69 Å². The first-order chi connectivity index (χ1) is 8.58. The Labute approximate surface area is 105 Å². The lowest BCUT2D eigenvalue weighted by Crippen LogP contribution is -2.13. The molecule has 0 saturated heterocycles. The molecule has 2 rings (SSSR count). The second kappa shape index (κ2) is 5.06. The summed E-state index contributed by atoms with van der Waals surface area (Å²) >= 11 is 0. The summed E-state index contributed by atoms with van der Waals surface area (Å²) < 4.78 is 5.09. The first kappa shape index (κ1) is 12.4. The molecule has 1 amide bonds. The van der Waals surface area contributed by atoms with Gasteiger partial charge < -0.3 is 14.8 Å². The molecule has 2 N–H and O–H groups in total. The molecule has 0 radical (unpaired) electrons. The minimum Gasteiger partial charge on any atom is -0.469 e. The van der Waals surface area contributed by atoms with Crippen LogP contribution in [0.3, 0.4) is 0 Å². The summed E-state index contributed by atoms with van der Waals surface area (Å²) in [6.45, 7) is 3.44. The number of benzene rings is 1. The maximum atomic E-state index is 11.9. The van der Waals surface area contributed by atoms with E-state index in [1.54, 1.807) is 32.0 Å². The SMILES string of the molecule is Cc1cc(C(=O)Nc2ccccc2C(C)O)co1. The highest BCUT2D eigenvalue weighted by Gasteiger charge is 2.12. The molecule has 4 nitrogen and oxygen atoms in total. The fraction of sp³-hybridized carbons (Fsp3) is 0.214. The van der Waals surface area contributed by atoms with E-state index >= 15 is 0 Å². The van der Waals surface area contributed by atoms with E-state index in [-0.39, 0.29) is 5.91 Å². The smallest absolute Gasteiger partial charge is 0.258 e. The summed E-state index contributed by atoms with van der Waals surface area (Å²) in [6, 6.07) is 8.83. The number of anilines is 1. The summed E-state index contributed by atoms with van der Waals surface area (Å²) in [7, 11) is 0.